The molecular formula is C19H16FN5OS. The highest BCUT2D eigenvalue weighted by Crippen LogP contribution is 2.26. The van der Waals surface area contributed by atoms with Crippen molar-refractivity contribution in [2.75, 3.05) is 0 Å². The van der Waals surface area contributed by atoms with Crippen molar-refractivity contribution in [1.29, 1.82) is 0 Å². The second-order valence-corrected chi connectivity index (χ2v) is 6.67. The summed E-state index contributed by atoms with van der Waals surface area (Å²) in [5, 5.41) is 13.4. The van der Waals surface area contributed by atoms with Crippen molar-refractivity contribution in [3.05, 3.63) is 66.3 Å². The molecule has 0 atom stereocenters. The van der Waals surface area contributed by atoms with Gasteiger partial charge in [0.05, 0.1) is 5.75 Å². The highest BCUT2D eigenvalue weighted by atomic mass is 32.2. The molecule has 0 N–H and O–H groups in total. The summed E-state index contributed by atoms with van der Waals surface area (Å²) in [5.74, 6) is 1.92. The number of rotatable bonds is 6. The van der Waals surface area contributed by atoms with Crippen LogP contribution in [-0.4, -0.2) is 24.9 Å². The van der Waals surface area contributed by atoms with Crippen LogP contribution in [0.1, 0.15) is 12.8 Å². The van der Waals surface area contributed by atoms with E-state index in [2.05, 4.69) is 31.8 Å². The Kier molecular flexibility index (Phi) is 4.97. The van der Waals surface area contributed by atoms with Crippen molar-refractivity contribution in [3.63, 3.8) is 0 Å². The predicted molar refractivity (Wildman–Crippen MR) is 100 cm³/mol. The standard InChI is InChI=1S/C19H16FN5OS/c1-2-25-18(14-6-4-3-5-7-14)22-23-19(25)27-12-16-21-17(24-26-16)13-8-10-15(20)11-9-13/h3-11H,2,12H2,1H3. The molecule has 4 aromatic rings. The molecule has 0 aliphatic heterocycles. The summed E-state index contributed by atoms with van der Waals surface area (Å²) in [7, 11) is 0. The molecule has 2 aromatic heterocycles. The van der Waals surface area contributed by atoms with E-state index in [-0.39, 0.29) is 5.82 Å². The summed E-state index contributed by atoms with van der Waals surface area (Å²) in [4.78, 5) is 4.37. The Hall–Kier alpha value is -3.00. The Balaban J connectivity index is 1.50. The molecule has 0 radical (unpaired) electrons. The maximum Gasteiger partial charge on any atom is 0.237 e. The van der Waals surface area contributed by atoms with Gasteiger partial charge in [0.15, 0.2) is 11.0 Å². The van der Waals surface area contributed by atoms with Gasteiger partial charge in [0.25, 0.3) is 0 Å². The second-order valence-electron chi connectivity index (χ2n) is 5.72. The quantitative estimate of drug-likeness (QED) is 0.460. The van der Waals surface area contributed by atoms with E-state index in [1.807, 2.05) is 30.3 Å². The lowest BCUT2D eigenvalue weighted by atomic mass is 10.2. The molecule has 0 spiro atoms. The number of hydrogen-bond acceptors (Lipinski definition) is 6. The van der Waals surface area contributed by atoms with Crippen LogP contribution in [0.15, 0.2) is 64.3 Å². The lowest BCUT2D eigenvalue weighted by Crippen LogP contribution is -1.99. The minimum absolute atomic E-state index is 0.300. The monoisotopic (exact) mass is 381 g/mol. The minimum Gasteiger partial charge on any atom is -0.338 e. The highest BCUT2D eigenvalue weighted by Gasteiger charge is 2.15. The largest absolute Gasteiger partial charge is 0.338 e. The number of nitrogens with zero attached hydrogens (tertiary/aromatic N) is 5. The van der Waals surface area contributed by atoms with Crippen molar-refractivity contribution in [2.45, 2.75) is 24.4 Å². The molecule has 136 valence electrons. The zero-order valence-electron chi connectivity index (χ0n) is 14.5. The topological polar surface area (TPSA) is 69.6 Å². The SMILES string of the molecule is CCn1c(SCc2nc(-c3ccc(F)cc3)no2)nnc1-c1ccccc1. The van der Waals surface area contributed by atoms with E-state index in [4.69, 9.17) is 4.52 Å². The smallest absolute Gasteiger partial charge is 0.237 e. The molecular weight excluding hydrogens is 365 g/mol. The zero-order chi connectivity index (χ0) is 18.6. The van der Waals surface area contributed by atoms with Crippen LogP contribution >= 0.6 is 11.8 Å². The summed E-state index contributed by atoms with van der Waals surface area (Å²) >= 11 is 1.48. The van der Waals surface area contributed by atoms with Gasteiger partial charge in [-0.3, -0.25) is 0 Å². The third-order valence-corrected chi connectivity index (χ3v) is 4.91. The average Bonchev–Trinajstić information content (AvgIpc) is 3.34. The first-order chi connectivity index (χ1) is 13.2. The Labute approximate surface area is 159 Å². The van der Waals surface area contributed by atoms with Gasteiger partial charge < -0.3 is 9.09 Å². The fourth-order valence-electron chi connectivity index (χ4n) is 2.64. The summed E-state index contributed by atoms with van der Waals surface area (Å²) < 4.78 is 20.4. The summed E-state index contributed by atoms with van der Waals surface area (Å²) in [6.45, 7) is 2.81. The first-order valence-corrected chi connectivity index (χ1v) is 9.43. The molecule has 0 saturated heterocycles. The van der Waals surface area contributed by atoms with E-state index in [0.29, 0.717) is 23.0 Å². The van der Waals surface area contributed by atoms with Crippen molar-refractivity contribution < 1.29 is 8.91 Å². The second kappa shape index (κ2) is 7.71. The molecule has 8 heteroatoms. The zero-order valence-corrected chi connectivity index (χ0v) is 15.4. The summed E-state index contributed by atoms with van der Waals surface area (Å²) in [5.41, 5.74) is 1.73. The first-order valence-electron chi connectivity index (χ1n) is 8.44. The van der Waals surface area contributed by atoms with Crippen LogP contribution < -0.4 is 0 Å². The molecule has 2 aromatic carbocycles. The molecule has 0 aliphatic rings. The number of aromatic nitrogens is 5. The molecule has 27 heavy (non-hydrogen) atoms. The van der Waals surface area contributed by atoms with Crippen LogP contribution in [0.2, 0.25) is 0 Å². The van der Waals surface area contributed by atoms with E-state index in [1.165, 1.54) is 23.9 Å². The lowest BCUT2D eigenvalue weighted by Gasteiger charge is -2.06. The van der Waals surface area contributed by atoms with Crippen molar-refractivity contribution >= 4 is 11.8 Å². The van der Waals surface area contributed by atoms with E-state index in [1.54, 1.807) is 12.1 Å². The number of benzene rings is 2. The van der Waals surface area contributed by atoms with Crippen molar-refractivity contribution in [1.82, 2.24) is 24.9 Å². The molecule has 0 aliphatic carbocycles. The number of halogens is 1. The maximum atomic E-state index is 13.0. The number of thioether (sulfide) groups is 1. The fourth-order valence-corrected chi connectivity index (χ4v) is 3.48. The molecule has 0 amide bonds. The van der Waals surface area contributed by atoms with Crippen LogP contribution in [0.25, 0.3) is 22.8 Å². The van der Waals surface area contributed by atoms with Gasteiger partial charge in [-0.2, -0.15) is 4.98 Å². The van der Waals surface area contributed by atoms with Crippen LogP contribution in [0.3, 0.4) is 0 Å². The van der Waals surface area contributed by atoms with Crippen LogP contribution in [0.4, 0.5) is 4.39 Å². The fraction of sp³-hybridized carbons (Fsp3) is 0.158. The lowest BCUT2D eigenvalue weighted by molar-refractivity contribution is 0.391. The molecule has 0 unspecified atom stereocenters. The van der Waals surface area contributed by atoms with E-state index in [0.717, 1.165) is 23.1 Å². The van der Waals surface area contributed by atoms with Crippen LogP contribution in [-0.2, 0) is 12.3 Å². The Morgan fingerprint density at radius 2 is 1.78 bits per heavy atom. The van der Waals surface area contributed by atoms with E-state index >= 15 is 0 Å². The normalized spacial score (nSPS) is 11.0. The highest BCUT2D eigenvalue weighted by molar-refractivity contribution is 7.98. The van der Waals surface area contributed by atoms with Crippen molar-refractivity contribution in [3.8, 4) is 22.8 Å². The predicted octanol–water partition coefficient (Wildman–Crippen LogP) is 4.45. The van der Waals surface area contributed by atoms with Crippen molar-refractivity contribution in [2.24, 2.45) is 0 Å². The average molecular weight is 381 g/mol. The van der Waals surface area contributed by atoms with Gasteiger partial charge in [0, 0.05) is 17.7 Å². The van der Waals surface area contributed by atoms with Crippen LogP contribution in [0, 0.1) is 5.82 Å². The maximum absolute atomic E-state index is 13.0. The Morgan fingerprint density at radius 3 is 2.52 bits per heavy atom. The Bertz CT molecular complexity index is 1030. The number of hydrogen-bond donors (Lipinski definition) is 0. The minimum atomic E-state index is -0.300. The molecule has 0 bridgehead atoms. The third-order valence-electron chi connectivity index (χ3n) is 3.96. The van der Waals surface area contributed by atoms with E-state index in [9.17, 15) is 4.39 Å². The molecule has 0 fully saturated rings. The van der Waals surface area contributed by atoms with Gasteiger partial charge in [-0.25, -0.2) is 4.39 Å². The van der Waals surface area contributed by atoms with Gasteiger partial charge in [0.2, 0.25) is 11.7 Å². The van der Waals surface area contributed by atoms with Gasteiger partial charge >= 0.3 is 0 Å². The van der Waals surface area contributed by atoms with Gasteiger partial charge in [-0.05, 0) is 31.2 Å². The first kappa shape index (κ1) is 17.4. The third kappa shape index (κ3) is 3.75. The molecule has 4 rings (SSSR count). The summed E-state index contributed by atoms with van der Waals surface area (Å²) in [6, 6.07) is 15.9. The van der Waals surface area contributed by atoms with Gasteiger partial charge in [-0.1, -0.05) is 47.3 Å². The Morgan fingerprint density at radius 1 is 1.00 bits per heavy atom. The van der Waals surface area contributed by atoms with Gasteiger partial charge in [0.1, 0.15) is 5.82 Å². The van der Waals surface area contributed by atoms with Gasteiger partial charge in [-0.15, -0.1) is 10.2 Å². The molecule has 2 heterocycles. The summed E-state index contributed by atoms with van der Waals surface area (Å²) in [6.07, 6.45) is 0. The molecule has 6 nitrogen and oxygen atoms in total. The molecule has 0 saturated carbocycles. The van der Waals surface area contributed by atoms with Crippen LogP contribution in [0.5, 0.6) is 0 Å². The van der Waals surface area contributed by atoms with E-state index < -0.39 is 0 Å².